The van der Waals surface area contributed by atoms with Crippen molar-refractivity contribution in [2.24, 2.45) is 0 Å². The van der Waals surface area contributed by atoms with Gasteiger partial charge in [0, 0.05) is 0 Å². The van der Waals surface area contributed by atoms with Gasteiger partial charge in [0.25, 0.3) is 0 Å². The van der Waals surface area contributed by atoms with Crippen LogP contribution in [0.25, 0.3) is 0 Å². The summed E-state index contributed by atoms with van der Waals surface area (Å²) in [4.78, 5) is 19.7. The first kappa shape index (κ1) is 4.49. The van der Waals surface area contributed by atoms with Gasteiger partial charge < -0.3 is 0 Å². The van der Waals surface area contributed by atoms with Gasteiger partial charge in [-0.3, -0.25) is 0 Å². The zero-order valence-electron chi connectivity index (χ0n) is 3.84. The Morgan fingerprint density at radius 2 is 1.22 bits per heavy atom. The van der Waals surface area contributed by atoms with Crippen LogP contribution < -0.4 is 0 Å². The normalized spacial score (nSPS) is 26.2. The highest BCUT2D eigenvalue weighted by molar-refractivity contribution is 6.54. The molecule has 2 heterocycles. The van der Waals surface area contributed by atoms with Crippen LogP contribution >= 0.6 is 0 Å². The summed E-state index contributed by atoms with van der Waals surface area (Å²) in [6.45, 7) is 0. The molecule has 0 saturated carbocycles. The third-order valence-corrected chi connectivity index (χ3v) is 2.24. The first-order chi connectivity index (χ1) is 4.20. The summed E-state index contributed by atoms with van der Waals surface area (Å²) in [5.41, 5.74) is 0. The van der Waals surface area contributed by atoms with Crippen LogP contribution in [-0.2, 0) is 18.1 Å². The Morgan fingerprint density at radius 3 is 1.44 bits per heavy atom. The monoisotopic (exact) mass is 152 g/mol. The second-order valence-electron chi connectivity index (χ2n) is 1.31. The van der Waals surface area contributed by atoms with Crippen molar-refractivity contribution >= 4 is 9.05 Å². The van der Waals surface area contributed by atoms with Gasteiger partial charge in [0.1, 0.15) is 9.81 Å². The van der Waals surface area contributed by atoms with Crippen molar-refractivity contribution in [2.45, 2.75) is 0 Å². The van der Waals surface area contributed by atoms with Crippen LogP contribution in [-0.4, -0.2) is 19.2 Å². The highest BCUT2D eigenvalue weighted by atomic mass is 28.4. The Labute approximate surface area is 48.3 Å². The summed E-state index contributed by atoms with van der Waals surface area (Å²) in [6, 6.07) is 0. The summed E-state index contributed by atoms with van der Waals surface area (Å²) < 4.78 is 16.6. The summed E-state index contributed by atoms with van der Waals surface area (Å²) >= 11 is 0. The minimum absolute atomic E-state index is 0.181. The van der Waals surface area contributed by atoms with E-state index in [9.17, 15) is 9.81 Å². The highest BCUT2D eigenvalue weighted by Gasteiger charge is 3.00. The van der Waals surface area contributed by atoms with E-state index in [0.717, 1.165) is 0 Å². The van der Waals surface area contributed by atoms with Crippen LogP contribution in [0.5, 0.6) is 0 Å². The van der Waals surface area contributed by atoms with Gasteiger partial charge in [-0.25, -0.2) is 0 Å². The van der Waals surface area contributed by atoms with Gasteiger partial charge in [-0.1, -0.05) is 0 Å². The van der Waals surface area contributed by atoms with E-state index < -0.39 is 9.05 Å². The summed E-state index contributed by atoms with van der Waals surface area (Å²) in [5, 5.41) is -0.363. The minimum Gasteiger partial charge on any atom is -0.104 e. The Morgan fingerprint density at radius 1 is 0.889 bits per heavy atom. The van der Waals surface area contributed by atoms with E-state index >= 15 is 0 Å². The molecule has 2 saturated heterocycles. The number of hydrogen-bond donors (Lipinski definition) is 0. The lowest BCUT2D eigenvalue weighted by atomic mass is 13.1. The van der Waals surface area contributed by atoms with Crippen molar-refractivity contribution < 1.29 is 28.3 Å². The van der Waals surface area contributed by atoms with E-state index in [-0.39, 0.29) is 10.2 Å². The maximum absolute atomic E-state index is 9.84. The van der Waals surface area contributed by atoms with Crippen LogP contribution in [0.3, 0.4) is 0 Å². The van der Waals surface area contributed by atoms with Crippen molar-refractivity contribution in [1.82, 2.24) is 0 Å². The standard InChI is InChI=1S/N2O6Si/c3-1-5-9(6-1)7-2(4)8-9/q+2. The molecule has 0 aromatic carbocycles. The first-order valence-corrected chi connectivity index (χ1v) is 3.54. The maximum atomic E-state index is 9.84. The number of rotatable bonds is 0. The lowest BCUT2D eigenvalue weighted by Crippen LogP contribution is -2.70. The van der Waals surface area contributed by atoms with E-state index in [4.69, 9.17) is 0 Å². The molecule has 0 aliphatic carbocycles. The van der Waals surface area contributed by atoms with Gasteiger partial charge in [0.05, 0.1) is 0 Å². The Kier molecular flexibility index (Phi) is 0.488. The van der Waals surface area contributed by atoms with Crippen molar-refractivity contribution in [3.05, 3.63) is 9.81 Å². The Hall–Kier alpha value is -1.38. The third kappa shape index (κ3) is 0.407. The lowest BCUT2D eigenvalue weighted by molar-refractivity contribution is -1.10. The fraction of sp³-hybridized carbons (Fsp3) is 0. The predicted octanol–water partition coefficient (Wildman–Crippen LogP) is -1.27. The average Bonchev–Trinajstić information content (AvgIpc) is 1.58. The van der Waals surface area contributed by atoms with Gasteiger partial charge in [0.15, 0.2) is 0 Å². The molecule has 2 aliphatic rings. The van der Waals surface area contributed by atoms with Crippen molar-refractivity contribution in [3.63, 3.8) is 0 Å². The van der Waals surface area contributed by atoms with E-state index in [1.807, 2.05) is 0 Å². The van der Waals surface area contributed by atoms with Gasteiger partial charge in [-0.05, 0) is 0 Å². The molecule has 0 aromatic heterocycles. The molecule has 0 N–H and O–H groups in total. The largest absolute Gasteiger partial charge is 1.21 e. The minimum atomic E-state index is -3.19. The first-order valence-electron chi connectivity index (χ1n) is 1.91. The van der Waals surface area contributed by atoms with E-state index in [2.05, 4.69) is 18.1 Å². The Balaban J connectivity index is 2.01. The molecule has 0 radical (unpaired) electrons. The molecular weight excluding hydrogens is 152 g/mol. The second-order valence-corrected chi connectivity index (χ2v) is 3.04. The maximum Gasteiger partial charge on any atom is 1.21 e. The second kappa shape index (κ2) is 0.977. The summed E-state index contributed by atoms with van der Waals surface area (Å²) in [5.74, 6) is 0. The van der Waals surface area contributed by atoms with Crippen LogP contribution in [0.2, 0.25) is 0 Å². The van der Waals surface area contributed by atoms with Gasteiger partial charge >= 0.3 is 19.2 Å². The Bertz CT molecular complexity index is 156. The smallest absolute Gasteiger partial charge is 0.104 e. The van der Waals surface area contributed by atoms with Crippen molar-refractivity contribution in [1.29, 1.82) is 0 Å². The van der Waals surface area contributed by atoms with Gasteiger partial charge in [-0.2, -0.15) is 0 Å². The van der Waals surface area contributed by atoms with Crippen LogP contribution in [0.1, 0.15) is 0 Å². The van der Waals surface area contributed by atoms with Gasteiger partial charge in [0.2, 0.25) is 0 Å². The molecule has 48 valence electrons. The molecule has 2 fully saturated rings. The average molecular weight is 152 g/mol. The van der Waals surface area contributed by atoms with Crippen molar-refractivity contribution in [3.8, 4) is 0 Å². The topological polar surface area (TPSA) is 77.1 Å². The molecule has 2 rings (SSSR count). The molecule has 0 atom stereocenters. The molecule has 9 heteroatoms. The fourth-order valence-electron chi connectivity index (χ4n) is 0.445. The highest BCUT2D eigenvalue weighted by Crippen LogP contribution is 2.28. The van der Waals surface area contributed by atoms with Crippen LogP contribution in [0.15, 0.2) is 0 Å². The quantitative estimate of drug-likeness (QED) is 0.403. The van der Waals surface area contributed by atoms with E-state index in [0.29, 0.717) is 0 Å². The fourth-order valence-corrected chi connectivity index (χ4v) is 1.34. The summed E-state index contributed by atoms with van der Waals surface area (Å²) in [7, 11) is -3.19. The van der Waals surface area contributed by atoms with E-state index in [1.165, 1.54) is 0 Å². The molecule has 0 amide bonds. The molecule has 2 aliphatic heterocycles. The van der Waals surface area contributed by atoms with E-state index in [1.54, 1.807) is 0 Å². The molecule has 1 spiro atoms. The van der Waals surface area contributed by atoms with Crippen LogP contribution in [0.4, 0.5) is 0 Å². The molecule has 0 bridgehead atoms. The molecule has 0 unspecified atom stereocenters. The van der Waals surface area contributed by atoms with Gasteiger partial charge in [-0.15, -0.1) is 18.1 Å². The molecular formula is N2O6Si+2. The predicted molar refractivity (Wildman–Crippen MR) is 17.3 cm³/mol. The SMILES string of the molecule is O=[N+]1O[Si]2(O1)O[N+](=O)O2. The number of nitrogens with zero attached hydrogens (tertiary/aromatic N) is 2. The summed E-state index contributed by atoms with van der Waals surface area (Å²) in [6.07, 6.45) is 0. The molecule has 9 heavy (non-hydrogen) atoms. The third-order valence-electron chi connectivity index (χ3n) is 0.745. The zero-order chi connectivity index (χ0) is 6.48. The number of hydrogen-bond acceptors (Lipinski definition) is 6. The lowest BCUT2D eigenvalue weighted by Gasteiger charge is -2.13. The van der Waals surface area contributed by atoms with Crippen LogP contribution in [0, 0.1) is 9.81 Å². The molecule has 0 aromatic rings. The molecule has 8 nitrogen and oxygen atoms in total. The zero-order valence-corrected chi connectivity index (χ0v) is 4.84. The van der Waals surface area contributed by atoms with Crippen molar-refractivity contribution in [2.75, 3.05) is 0 Å².